The van der Waals surface area contributed by atoms with Gasteiger partial charge in [0, 0.05) is 24.4 Å². The van der Waals surface area contributed by atoms with Crippen LogP contribution in [-0.2, 0) is 15.5 Å². The summed E-state index contributed by atoms with van der Waals surface area (Å²) in [5.74, 6) is 0.513. The van der Waals surface area contributed by atoms with Crippen molar-refractivity contribution in [2.24, 2.45) is 0 Å². The normalized spacial score (nSPS) is 19.5. The fraction of sp³-hybridized carbons (Fsp3) is 0.429. The third-order valence-corrected chi connectivity index (χ3v) is 4.13. The van der Waals surface area contributed by atoms with Gasteiger partial charge in [-0.1, -0.05) is 0 Å². The number of pyridine rings is 1. The monoisotopic (exact) mass is 317 g/mol. The second-order valence-corrected chi connectivity index (χ2v) is 6.34. The summed E-state index contributed by atoms with van der Waals surface area (Å²) in [5.41, 5.74) is 0.866. The molecule has 1 aliphatic heterocycles. The summed E-state index contributed by atoms with van der Waals surface area (Å²) in [6.07, 6.45) is 5.05. The molecule has 1 N–H and O–H groups in total. The van der Waals surface area contributed by atoms with Gasteiger partial charge in [0.1, 0.15) is 17.3 Å². The molecule has 2 aromatic rings. The molecule has 22 heavy (non-hydrogen) atoms. The van der Waals surface area contributed by atoms with Crippen LogP contribution in [0.15, 0.2) is 17.4 Å². The third-order valence-electron chi connectivity index (χ3n) is 3.42. The van der Waals surface area contributed by atoms with Gasteiger partial charge in [-0.3, -0.25) is 4.21 Å². The average molecular weight is 317 g/mol. The van der Waals surface area contributed by atoms with Crippen molar-refractivity contribution < 1.29 is 8.95 Å². The Bertz CT molecular complexity index is 768. The lowest BCUT2D eigenvalue weighted by molar-refractivity contribution is 0.0875. The minimum absolute atomic E-state index is 0.129. The number of fused-ring (bicyclic) bond motifs is 1. The zero-order valence-electron chi connectivity index (χ0n) is 12.1. The molecular weight excluding hydrogens is 302 g/mol. The third kappa shape index (κ3) is 3.05. The number of hydrogen-bond acceptors (Lipinski definition) is 7. The highest BCUT2D eigenvalue weighted by Gasteiger charge is 2.17. The second kappa shape index (κ2) is 6.34. The molecule has 0 amide bonds. The van der Waals surface area contributed by atoms with E-state index < -0.39 is 10.8 Å². The summed E-state index contributed by atoms with van der Waals surface area (Å²) in [4.78, 5) is 12.7. The topological polar surface area (TPSA) is 101 Å². The first-order chi connectivity index (χ1) is 10.7. The maximum atomic E-state index is 11.6. The van der Waals surface area contributed by atoms with Gasteiger partial charge in [0.2, 0.25) is 5.16 Å². The van der Waals surface area contributed by atoms with Crippen molar-refractivity contribution in [1.29, 1.82) is 5.26 Å². The molecule has 0 spiro atoms. The largest absolute Gasteiger partial charge is 0.379 e. The van der Waals surface area contributed by atoms with Crippen molar-refractivity contribution in [3.63, 3.8) is 0 Å². The van der Waals surface area contributed by atoms with E-state index in [0.29, 0.717) is 29.0 Å². The number of ether oxygens (including phenoxy) is 1. The molecule has 7 nitrogen and oxygen atoms in total. The summed E-state index contributed by atoms with van der Waals surface area (Å²) < 4.78 is 17.0. The van der Waals surface area contributed by atoms with Crippen LogP contribution in [-0.4, -0.2) is 44.7 Å². The zero-order chi connectivity index (χ0) is 15.5. The molecule has 2 aromatic heterocycles. The standard InChI is InChI=1S/C14H15N5O2S/c1-22(20)14-16-7-9-5-11(6-15)18-13(12(9)19-14)17-10-3-2-4-21-8-10/h5,7,10H,2-4,8H2,1H3,(H,17,18). The highest BCUT2D eigenvalue weighted by atomic mass is 32.2. The van der Waals surface area contributed by atoms with E-state index in [4.69, 9.17) is 10.00 Å². The van der Waals surface area contributed by atoms with Gasteiger partial charge in [-0.2, -0.15) is 5.26 Å². The van der Waals surface area contributed by atoms with Gasteiger partial charge in [-0.05, 0) is 18.9 Å². The first-order valence-corrected chi connectivity index (χ1v) is 8.49. The van der Waals surface area contributed by atoms with Crippen LogP contribution < -0.4 is 5.32 Å². The van der Waals surface area contributed by atoms with Gasteiger partial charge < -0.3 is 10.1 Å². The minimum Gasteiger partial charge on any atom is -0.379 e. The highest BCUT2D eigenvalue weighted by molar-refractivity contribution is 7.84. The SMILES string of the molecule is CS(=O)c1ncc2cc(C#N)nc(NC3CCCOC3)c2n1. The Kier molecular flexibility index (Phi) is 4.27. The molecule has 114 valence electrons. The van der Waals surface area contributed by atoms with E-state index in [2.05, 4.69) is 20.3 Å². The zero-order valence-corrected chi connectivity index (χ0v) is 12.9. The number of nitriles is 1. The number of anilines is 1. The van der Waals surface area contributed by atoms with Crippen LogP contribution in [0.25, 0.3) is 10.9 Å². The van der Waals surface area contributed by atoms with E-state index in [1.807, 2.05) is 6.07 Å². The molecular formula is C14H15N5O2S. The first kappa shape index (κ1) is 14.8. The molecule has 0 bridgehead atoms. The van der Waals surface area contributed by atoms with E-state index in [9.17, 15) is 4.21 Å². The van der Waals surface area contributed by atoms with Gasteiger partial charge in [-0.15, -0.1) is 0 Å². The lowest BCUT2D eigenvalue weighted by Crippen LogP contribution is -2.30. The van der Waals surface area contributed by atoms with E-state index in [1.54, 1.807) is 12.3 Å². The van der Waals surface area contributed by atoms with Gasteiger partial charge in [0.05, 0.1) is 23.4 Å². The summed E-state index contributed by atoms with van der Waals surface area (Å²) >= 11 is 0. The second-order valence-electron chi connectivity index (χ2n) is 5.07. The molecule has 0 saturated carbocycles. The number of nitrogens with zero attached hydrogens (tertiary/aromatic N) is 4. The Labute approximate surface area is 130 Å². The van der Waals surface area contributed by atoms with Gasteiger partial charge in [0.25, 0.3) is 0 Å². The van der Waals surface area contributed by atoms with Gasteiger partial charge >= 0.3 is 0 Å². The van der Waals surface area contributed by atoms with Crippen LogP contribution >= 0.6 is 0 Å². The molecule has 3 heterocycles. The van der Waals surface area contributed by atoms with Crippen molar-refractivity contribution in [3.8, 4) is 6.07 Å². The summed E-state index contributed by atoms with van der Waals surface area (Å²) in [6, 6.07) is 3.79. The Morgan fingerprint density at radius 3 is 3.05 bits per heavy atom. The van der Waals surface area contributed by atoms with E-state index in [0.717, 1.165) is 19.4 Å². The van der Waals surface area contributed by atoms with E-state index in [1.165, 1.54) is 6.26 Å². The van der Waals surface area contributed by atoms with Crippen molar-refractivity contribution >= 4 is 27.5 Å². The van der Waals surface area contributed by atoms with Gasteiger partial charge in [-0.25, -0.2) is 15.0 Å². The van der Waals surface area contributed by atoms with Gasteiger partial charge in [0.15, 0.2) is 5.82 Å². The maximum Gasteiger partial charge on any atom is 0.218 e. The summed E-state index contributed by atoms with van der Waals surface area (Å²) in [7, 11) is -1.27. The Morgan fingerprint density at radius 1 is 1.50 bits per heavy atom. The van der Waals surface area contributed by atoms with E-state index >= 15 is 0 Å². The molecule has 1 fully saturated rings. The smallest absolute Gasteiger partial charge is 0.218 e. The Hall–Kier alpha value is -2.11. The maximum absolute atomic E-state index is 11.6. The first-order valence-electron chi connectivity index (χ1n) is 6.93. The van der Waals surface area contributed by atoms with Crippen LogP contribution in [0.3, 0.4) is 0 Å². The van der Waals surface area contributed by atoms with Crippen LogP contribution in [0, 0.1) is 11.3 Å². The number of hydrogen-bond donors (Lipinski definition) is 1. The summed E-state index contributed by atoms with van der Waals surface area (Å²) in [6.45, 7) is 1.36. The quantitative estimate of drug-likeness (QED) is 0.849. The predicted molar refractivity (Wildman–Crippen MR) is 81.8 cm³/mol. The van der Waals surface area contributed by atoms with Crippen molar-refractivity contribution in [2.75, 3.05) is 24.8 Å². The lowest BCUT2D eigenvalue weighted by atomic mass is 10.1. The van der Waals surface area contributed by atoms with Crippen LogP contribution in [0.1, 0.15) is 18.5 Å². The molecule has 2 unspecified atom stereocenters. The molecule has 0 aliphatic carbocycles. The molecule has 1 aliphatic rings. The Balaban J connectivity index is 2.06. The minimum atomic E-state index is -1.27. The fourth-order valence-electron chi connectivity index (χ4n) is 2.37. The number of nitrogens with one attached hydrogen (secondary N) is 1. The lowest BCUT2D eigenvalue weighted by Gasteiger charge is -2.24. The van der Waals surface area contributed by atoms with Crippen molar-refractivity contribution in [2.45, 2.75) is 24.0 Å². The molecule has 0 aromatic carbocycles. The molecule has 3 rings (SSSR count). The highest BCUT2D eigenvalue weighted by Crippen LogP contribution is 2.23. The van der Waals surface area contributed by atoms with Crippen molar-refractivity contribution in [3.05, 3.63) is 18.0 Å². The predicted octanol–water partition coefficient (Wildman–Crippen LogP) is 1.22. The Morgan fingerprint density at radius 2 is 2.36 bits per heavy atom. The molecule has 8 heteroatoms. The molecule has 0 radical (unpaired) electrons. The van der Waals surface area contributed by atoms with Crippen molar-refractivity contribution in [1.82, 2.24) is 15.0 Å². The summed E-state index contributed by atoms with van der Waals surface area (Å²) in [5, 5.41) is 13.4. The molecule has 2 atom stereocenters. The fourth-order valence-corrected chi connectivity index (χ4v) is 2.79. The number of rotatable bonds is 3. The van der Waals surface area contributed by atoms with Crippen LogP contribution in [0.5, 0.6) is 0 Å². The van der Waals surface area contributed by atoms with Crippen LogP contribution in [0.4, 0.5) is 5.82 Å². The molecule has 1 saturated heterocycles. The van der Waals surface area contributed by atoms with Crippen LogP contribution in [0.2, 0.25) is 0 Å². The van der Waals surface area contributed by atoms with E-state index in [-0.39, 0.29) is 11.2 Å². The number of aromatic nitrogens is 3. The average Bonchev–Trinajstić information content (AvgIpc) is 2.55.